The van der Waals surface area contributed by atoms with Crippen LogP contribution in [0.25, 0.3) is 5.57 Å². The van der Waals surface area contributed by atoms with Crippen molar-refractivity contribution < 1.29 is 4.74 Å². The molecule has 0 fully saturated rings. The molecular weight excluding hydrogens is 212 g/mol. The van der Waals surface area contributed by atoms with Crippen molar-refractivity contribution in [2.75, 3.05) is 11.9 Å². The summed E-state index contributed by atoms with van der Waals surface area (Å²) in [6, 6.07) is 4.14. The van der Waals surface area contributed by atoms with Gasteiger partial charge in [-0.25, -0.2) is 0 Å². The van der Waals surface area contributed by atoms with Crippen LogP contribution in [0.5, 0.6) is 5.75 Å². The Morgan fingerprint density at radius 2 is 2.24 bits per heavy atom. The van der Waals surface area contributed by atoms with E-state index in [1.165, 1.54) is 5.56 Å². The maximum Gasteiger partial charge on any atom is 0.124 e. The monoisotopic (exact) mass is 226 g/mol. The summed E-state index contributed by atoms with van der Waals surface area (Å²) in [6.07, 6.45) is 2.88. The molecule has 3 N–H and O–H groups in total. The molecule has 0 aliphatic carbocycles. The van der Waals surface area contributed by atoms with Crippen molar-refractivity contribution in [3.63, 3.8) is 0 Å². The largest absolute Gasteiger partial charge is 0.493 e. The van der Waals surface area contributed by atoms with Gasteiger partial charge in [-0.2, -0.15) is 0 Å². The van der Waals surface area contributed by atoms with E-state index >= 15 is 0 Å². The molecule has 0 amide bonds. The molecule has 0 atom stereocenters. The molecule has 0 unspecified atom stereocenters. The average Bonchev–Trinajstić information content (AvgIpc) is 2.71. The second-order valence-corrected chi connectivity index (χ2v) is 4.34. The van der Waals surface area contributed by atoms with Crippen LogP contribution in [0.4, 0.5) is 5.69 Å². The number of ether oxygens (including phenoxy) is 1. The number of hydrogen-bond acceptors (Lipinski definition) is 3. The first kappa shape index (κ1) is 10.0. The summed E-state index contributed by atoms with van der Waals surface area (Å²) in [7, 11) is 0. The smallest absolute Gasteiger partial charge is 0.124 e. The third-order valence-corrected chi connectivity index (χ3v) is 3.08. The second kappa shape index (κ2) is 3.42. The molecule has 0 spiro atoms. The van der Waals surface area contributed by atoms with Crippen LogP contribution in [0.2, 0.25) is 0 Å². The number of fused-ring (bicyclic) bond motifs is 2. The van der Waals surface area contributed by atoms with Crippen LogP contribution in [0, 0.1) is 0 Å². The first-order valence-corrected chi connectivity index (χ1v) is 5.57. The Kier molecular flexibility index (Phi) is 2.01. The Morgan fingerprint density at radius 3 is 3.00 bits per heavy atom. The van der Waals surface area contributed by atoms with Crippen molar-refractivity contribution in [3.05, 3.63) is 53.9 Å². The lowest BCUT2D eigenvalue weighted by Crippen LogP contribution is -2.10. The summed E-state index contributed by atoms with van der Waals surface area (Å²) in [4.78, 5) is 0. The third kappa shape index (κ3) is 1.51. The van der Waals surface area contributed by atoms with Gasteiger partial charge in [0.1, 0.15) is 5.75 Å². The first-order valence-electron chi connectivity index (χ1n) is 5.57. The van der Waals surface area contributed by atoms with Crippen LogP contribution in [0.1, 0.15) is 11.1 Å². The van der Waals surface area contributed by atoms with E-state index in [0.717, 1.165) is 41.3 Å². The summed E-state index contributed by atoms with van der Waals surface area (Å²) in [5, 5.41) is 3.23. The molecule has 0 bridgehead atoms. The molecule has 3 heteroatoms. The van der Waals surface area contributed by atoms with Gasteiger partial charge < -0.3 is 15.8 Å². The van der Waals surface area contributed by atoms with Crippen molar-refractivity contribution in [3.8, 4) is 5.75 Å². The van der Waals surface area contributed by atoms with Gasteiger partial charge in [-0.05, 0) is 17.7 Å². The maximum atomic E-state index is 5.83. The summed E-state index contributed by atoms with van der Waals surface area (Å²) in [5.41, 5.74) is 11.4. The standard InChI is InChI=1S/C14H14N2O/c1-8-5-11(9(2)15)12-6-10-3-4-17-14(10)7-13(12)16-8/h5-7,16H,1-4,15H2. The van der Waals surface area contributed by atoms with Crippen molar-refractivity contribution in [2.24, 2.45) is 5.73 Å². The molecule has 1 aromatic rings. The molecule has 2 heterocycles. The van der Waals surface area contributed by atoms with Gasteiger partial charge in [0.05, 0.1) is 12.3 Å². The highest BCUT2D eigenvalue weighted by Gasteiger charge is 2.21. The Hall–Kier alpha value is -2.16. The minimum absolute atomic E-state index is 0.563. The van der Waals surface area contributed by atoms with Crippen LogP contribution in [-0.4, -0.2) is 6.61 Å². The number of nitrogens with two attached hydrogens (primary N) is 1. The molecule has 0 radical (unpaired) electrons. The molecule has 0 saturated carbocycles. The van der Waals surface area contributed by atoms with Crippen LogP contribution >= 0.6 is 0 Å². The molecule has 86 valence electrons. The second-order valence-electron chi connectivity index (χ2n) is 4.34. The molecule has 1 aromatic carbocycles. The van der Waals surface area contributed by atoms with E-state index in [2.05, 4.69) is 24.5 Å². The van der Waals surface area contributed by atoms with E-state index in [4.69, 9.17) is 10.5 Å². The van der Waals surface area contributed by atoms with Gasteiger partial charge in [0.15, 0.2) is 0 Å². The number of allylic oxidation sites excluding steroid dienone is 2. The topological polar surface area (TPSA) is 47.3 Å². The number of nitrogens with one attached hydrogen (secondary N) is 1. The van der Waals surface area contributed by atoms with Crippen LogP contribution in [0.3, 0.4) is 0 Å². The fraction of sp³-hybridized carbons (Fsp3) is 0.143. The highest BCUT2D eigenvalue weighted by molar-refractivity contribution is 5.90. The Morgan fingerprint density at radius 1 is 1.41 bits per heavy atom. The lowest BCUT2D eigenvalue weighted by atomic mass is 9.94. The summed E-state index contributed by atoms with van der Waals surface area (Å²) < 4.78 is 5.55. The van der Waals surface area contributed by atoms with Crippen LogP contribution < -0.4 is 15.8 Å². The van der Waals surface area contributed by atoms with E-state index in [-0.39, 0.29) is 0 Å². The molecular formula is C14H14N2O. The van der Waals surface area contributed by atoms with E-state index < -0.39 is 0 Å². The van der Waals surface area contributed by atoms with Crippen molar-refractivity contribution in [1.82, 2.24) is 0 Å². The molecule has 2 aliphatic heterocycles. The van der Waals surface area contributed by atoms with Crippen molar-refractivity contribution in [1.29, 1.82) is 0 Å². The van der Waals surface area contributed by atoms with Gasteiger partial charge in [-0.1, -0.05) is 13.2 Å². The Labute approximate surface area is 100 Å². The third-order valence-electron chi connectivity index (χ3n) is 3.08. The van der Waals surface area contributed by atoms with E-state index in [1.54, 1.807) is 0 Å². The Bertz CT molecular complexity index is 570. The van der Waals surface area contributed by atoms with Gasteiger partial charge in [-0.3, -0.25) is 0 Å². The maximum absolute atomic E-state index is 5.83. The summed E-state index contributed by atoms with van der Waals surface area (Å²) >= 11 is 0. The van der Waals surface area contributed by atoms with Gasteiger partial charge in [0.2, 0.25) is 0 Å². The molecule has 0 saturated heterocycles. The van der Waals surface area contributed by atoms with Gasteiger partial charge >= 0.3 is 0 Å². The number of hydrogen-bond donors (Lipinski definition) is 2. The minimum Gasteiger partial charge on any atom is -0.493 e. The molecule has 3 nitrogen and oxygen atoms in total. The zero-order valence-electron chi connectivity index (χ0n) is 9.55. The van der Waals surface area contributed by atoms with E-state index in [9.17, 15) is 0 Å². The molecule has 2 aliphatic rings. The predicted molar refractivity (Wildman–Crippen MR) is 69.7 cm³/mol. The quantitative estimate of drug-likeness (QED) is 0.773. The van der Waals surface area contributed by atoms with Gasteiger partial charge in [-0.15, -0.1) is 0 Å². The predicted octanol–water partition coefficient (Wildman–Crippen LogP) is 2.42. The Balaban J connectivity index is 2.20. The zero-order chi connectivity index (χ0) is 12.0. The fourth-order valence-electron chi connectivity index (χ4n) is 2.28. The lowest BCUT2D eigenvalue weighted by Gasteiger charge is -2.21. The molecule has 0 aromatic heterocycles. The summed E-state index contributed by atoms with van der Waals surface area (Å²) in [5.74, 6) is 0.952. The van der Waals surface area contributed by atoms with Crippen LogP contribution in [-0.2, 0) is 6.42 Å². The van der Waals surface area contributed by atoms with E-state index in [1.807, 2.05) is 12.1 Å². The van der Waals surface area contributed by atoms with Crippen molar-refractivity contribution >= 4 is 11.3 Å². The SMILES string of the molecule is C=C1C=C(C(=C)N)c2cc3c(cc2N1)OCC3. The number of anilines is 1. The van der Waals surface area contributed by atoms with E-state index in [0.29, 0.717) is 5.70 Å². The molecule has 17 heavy (non-hydrogen) atoms. The van der Waals surface area contributed by atoms with Crippen molar-refractivity contribution in [2.45, 2.75) is 6.42 Å². The van der Waals surface area contributed by atoms with Gasteiger partial charge in [0, 0.05) is 35.0 Å². The van der Waals surface area contributed by atoms with Gasteiger partial charge in [0.25, 0.3) is 0 Å². The zero-order valence-corrected chi connectivity index (χ0v) is 9.55. The number of benzene rings is 1. The highest BCUT2D eigenvalue weighted by atomic mass is 16.5. The highest BCUT2D eigenvalue weighted by Crippen LogP contribution is 2.39. The number of rotatable bonds is 1. The summed E-state index contributed by atoms with van der Waals surface area (Å²) in [6.45, 7) is 8.48. The lowest BCUT2D eigenvalue weighted by molar-refractivity contribution is 0.357. The van der Waals surface area contributed by atoms with Crippen LogP contribution in [0.15, 0.2) is 42.8 Å². The fourth-order valence-corrected chi connectivity index (χ4v) is 2.28. The minimum atomic E-state index is 0.563. The molecule has 3 rings (SSSR count). The average molecular weight is 226 g/mol. The first-order chi connectivity index (χ1) is 8.15. The normalized spacial score (nSPS) is 16.5.